The second kappa shape index (κ2) is 18.2. The molecule has 0 radical (unpaired) electrons. The predicted octanol–water partition coefficient (Wildman–Crippen LogP) is 9.39. The van der Waals surface area contributed by atoms with Gasteiger partial charge < -0.3 is 44.0 Å². The summed E-state index contributed by atoms with van der Waals surface area (Å²) < 4.78 is 90.5. The molecule has 5 rings (SSSR count). The Bertz CT molecular complexity index is 929. The van der Waals surface area contributed by atoms with E-state index in [0.29, 0.717) is 21.8 Å². The summed E-state index contributed by atoms with van der Waals surface area (Å²) >= 11 is 0. The summed E-state index contributed by atoms with van der Waals surface area (Å²) in [5.41, 5.74) is 5.78. The van der Waals surface area contributed by atoms with Gasteiger partial charge in [-0.25, -0.2) is 0 Å². The van der Waals surface area contributed by atoms with E-state index in [0.717, 1.165) is 47.7 Å². The van der Waals surface area contributed by atoms with Gasteiger partial charge in [-0.1, -0.05) is 38.5 Å². The predicted molar refractivity (Wildman–Crippen MR) is 163 cm³/mol. The van der Waals surface area contributed by atoms with E-state index in [1.165, 1.54) is 73.6 Å². The normalized spacial score (nSPS) is 20.6. The molecular weight excluding hydrogens is 606 g/mol. The number of rotatable bonds is 0. The summed E-state index contributed by atoms with van der Waals surface area (Å²) in [5, 5.41) is 0. The van der Waals surface area contributed by atoms with E-state index in [4.69, 9.17) is 9.47 Å². The number of benzene rings is 2. The Morgan fingerprint density at radius 1 is 0.452 bits per heavy atom. The fourth-order valence-corrected chi connectivity index (χ4v) is 7.99. The number of hydrogen-bond donors (Lipinski definition) is 0. The second-order valence-corrected chi connectivity index (χ2v) is 14.9. The first-order valence-electron chi connectivity index (χ1n) is 14.1. The zero-order valence-corrected chi connectivity index (χ0v) is 25.8. The van der Waals surface area contributed by atoms with Crippen molar-refractivity contribution in [3.8, 4) is 11.5 Å². The van der Waals surface area contributed by atoms with Crippen LogP contribution >= 0.6 is 0 Å². The van der Waals surface area contributed by atoms with Crippen molar-refractivity contribution in [2.24, 2.45) is 0 Å². The van der Waals surface area contributed by atoms with Gasteiger partial charge in [0.2, 0.25) is 0 Å². The molecule has 0 saturated carbocycles. The molecule has 3 aliphatic rings. The molecule has 2 aromatic rings. The topological polar surface area (TPSA) is 18.5 Å². The summed E-state index contributed by atoms with van der Waals surface area (Å²) in [5.74, 6) is 6.68. The lowest BCUT2D eigenvalue weighted by atomic mass is 10.1. The zero-order chi connectivity index (χ0) is 31.2. The Labute approximate surface area is 250 Å². The highest BCUT2D eigenvalue weighted by molar-refractivity contribution is 7.95. The van der Waals surface area contributed by atoms with E-state index < -0.39 is 14.5 Å². The molecule has 0 saturated heterocycles. The van der Waals surface area contributed by atoms with Crippen molar-refractivity contribution in [2.75, 3.05) is 25.7 Å². The zero-order valence-electron chi connectivity index (χ0n) is 24.2. The average Bonchev–Trinajstić information content (AvgIpc) is 2.81. The highest BCUT2D eigenvalue weighted by Crippen LogP contribution is 2.28. The highest BCUT2D eigenvalue weighted by Gasteiger charge is 2.22. The Morgan fingerprint density at radius 2 is 0.690 bits per heavy atom. The van der Waals surface area contributed by atoms with Gasteiger partial charge in [0.05, 0.1) is 25.7 Å². The quantitative estimate of drug-likeness (QED) is 0.161. The van der Waals surface area contributed by atoms with Crippen LogP contribution in [0.3, 0.4) is 0 Å². The van der Waals surface area contributed by atoms with Gasteiger partial charge in [-0.2, -0.15) is 0 Å². The molecule has 0 fully saturated rings. The van der Waals surface area contributed by atoms with Crippen molar-refractivity contribution < 1.29 is 44.0 Å². The van der Waals surface area contributed by atoms with Crippen LogP contribution in [0.1, 0.15) is 73.6 Å². The summed E-state index contributed by atoms with van der Waals surface area (Å²) in [7, 11) is -11.4. The van der Waals surface area contributed by atoms with Crippen LogP contribution in [0.25, 0.3) is 0 Å². The van der Waals surface area contributed by atoms with E-state index in [9.17, 15) is 34.5 Å². The van der Waals surface area contributed by atoms with Crippen molar-refractivity contribution >= 4 is 36.3 Å². The highest BCUT2D eigenvalue weighted by atomic mass is 32.2. The van der Waals surface area contributed by atoms with Crippen LogP contribution in [0, 0.1) is 0 Å². The summed E-state index contributed by atoms with van der Waals surface area (Å²) in [6, 6.07) is 14.1. The second-order valence-electron chi connectivity index (χ2n) is 10.6. The van der Waals surface area contributed by atoms with E-state index in [1.807, 2.05) is 0 Å². The Morgan fingerprint density at radius 3 is 0.952 bits per heavy atom. The molecule has 0 spiro atoms. The molecule has 0 atom stereocenters. The smallest absolute Gasteiger partial charge is 0.494 e. The SMILES string of the molecule is C[S+]1Cc2cc3cc(c2)OCCCCCCCCCCOc2cc(cc(c2)C[S+](C)C3)C1.F[B-](F)(F)F.F[B-](F)(F)F. The van der Waals surface area contributed by atoms with Crippen LogP contribution in [0.2, 0.25) is 0 Å². The first-order chi connectivity index (χ1) is 19.6. The van der Waals surface area contributed by atoms with Gasteiger partial charge in [-0.15, -0.1) is 0 Å². The van der Waals surface area contributed by atoms with Gasteiger partial charge in [-0.05, 0) is 71.0 Å². The van der Waals surface area contributed by atoms with Crippen LogP contribution < -0.4 is 9.47 Å². The third kappa shape index (κ3) is 18.8. The van der Waals surface area contributed by atoms with Crippen molar-refractivity contribution in [1.82, 2.24) is 0 Å². The van der Waals surface area contributed by atoms with E-state index >= 15 is 0 Å². The maximum atomic E-state index is 9.75. The lowest BCUT2D eigenvalue weighted by molar-refractivity contribution is 0.300. The Balaban J connectivity index is 0.000000533. The number of ether oxygens (including phenoxy) is 2. The fourth-order valence-electron chi connectivity index (χ4n) is 4.84. The molecule has 3 aliphatic heterocycles. The van der Waals surface area contributed by atoms with Crippen molar-refractivity contribution in [1.29, 1.82) is 0 Å². The van der Waals surface area contributed by atoms with E-state index in [-0.39, 0.29) is 0 Å². The first kappa shape index (κ1) is 36.5. The molecule has 0 aliphatic carbocycles. The van der Waals surface area contributed by atoms with Crippen molar-refractivity contribution in [3.63, 3.8) is 0 Å². The van der Waals surface area contributed by atoms with Crippen LogP contribution in [-0.2, 0) is 44.8 Å². The van der Waals surface area contributed by atoms with Crippen LogP contribution in [-0.4, -0.2) is 40.2 Å². The molecule has 3 heterocycles. The molecule has 0 N–H and O–H groups in total. The maximum absolute atomic E-state index is 9.75. The summed E-state index contributed by atoms with van der Waals surface area (Å²) in [4.78, 5) is 0. The number of halogens is 8. The lowest BCUT2D eigenvalue weighted by Crippen LogP contribution is -2.12. The molecule has 14 heteroatoms. The number of fused-ring (bicyclic) bond motifs is 15. The third-order valence-corrected chi connectivity index (χ3v) is 9.59. The molecule has 2 aromatic carbocycles. The van der Waals surface area contributed by atoms with Crippen LogP contribution in [0.15, 0.2) is 36.4 Å². The van der Waals surface area contributed by atoms with Crippen LogP contribution in [0.5, 0.6) is 11.5 Å². The lowest BCUT2D eigenvalue weighted by Gasteiger charge is -2.15. The molecular formula is C28H40B2F8O2S2. The Hall–Kier alpha value is -1.69. The molecule has 0 amide bonds. The molecule has 0 unspecified atom stereocenters. The van der Waals surface area contributed by atoms with Gasteiger partial charge in [0.15, 0.2) is 0 Å². The minimum Gasteiger partial charge on any atom is -0.494 e. The molecule has 0 aromatic heterocycles. The van der Waals surface area contributed by atoms with Gasteiger partial charge in [0.1, 0.15) is 34.5 Å². The van der Waals surface area contributed by atoms with Crippen molar-refractivity contribution in [2.45, 2.75) is 74.4 Å². The molecule has 6 bridgehead atoms. The number of hydrogen-bond acceptors (Lipinski definition) is 2. The minimum absolute atomic E-state index is 0.290. The standard InChI is InChI=1S/C28H40O2S2.2BF4/c1-31-19-23-13-25-17-27(15-23)29-11-9-7-5-3-4-6-8-10-12-30-28-16-24(20-31)14-26(18-28)22-32(2)21-25;2*2-1(3,4)5/h13-18H,3-12,19-22H2,1-2H3;;/q+2;2*-1. The van der Waals surface area contributed by atoms with Gasteiger partial charge in [0, 0.05) is 22.3 Å². The summed E-state index contributed by atoms with van der Waals surface area (Å²) in [6.07, 6.45) is 15.1. The minimum atomic E-state index is -6.00. The van der Waals surface area contributed by atoms with Gasteiger partial charge >= 0.3 is 14.5 Å². The first-order valence-corrected chi connectivity index (χ1v) is 18.0. The van der Waals surface area contributed by atoms with E-state index in [1.54, 1.807) is 0 Å². The fraction of sp³-hybridized carbons (Fsp3) is 0.571. The molecule has 42 heavy (non-hydrogen) atoms. The Kier molecular flexibility index (Phi) is 15.8. The largest absolute Gasteiger partial charge is 0.673 e. The van der Waals surface area contributed by atoms with Crippen molar-refractivity contribution in [3.05, 3.63) is 58.7 Å². The molecule has 2 nitrogen and oxygen atoms in total. The average molecular weight is 646 g/mol. The van der Waals surface area contributed by atoms with Crippen LogP contribution in [0.4, 0.5) is 34.5 Å². The molecule has 238 valence electrons. The monoisotopic (exact) mass is 646 g/mol. The van der Waals surface area contributed by atoms with Gasteiger partial charge in [-0.3, -0.25) is 0 Å². The summed E-state index contributed by atoms with van der Waals surface area (Å²) in [6.45, 7) is 1.70. The third-order valence-electron chi connectivity index (χ3n) is 6.28. The van der Waals surface area contributed by atoms with Gasteiger partial charge in [0.25, 0.3) is 0 Å². The van der Waals surface area contributed by atoms with E-state index in [2.05, 4.69) is 48.9 Å². The maximum Gasteiger partial charge on any atom is 0.673 e.